The Kier molecular flexibility index (Phi) is 4.06. The van der Waals surface area contributed by atoms with Gasteiger partial charge in [-0.2, -0.15) is 5.10 Å². The summed E-state index contributed by atoms with van der Waals surface area (Å²) < 4.78 is 0.868. The van der Waals surface area contributed by atoms with E-state index < -0.39 is 0 Å². The van der Waals surface area contributed by atoms with Crippen LogP contribution in [0.5, 0.6) is 0 Å². The number of rotatable bonds is 3. The van der Waals surface area contributed by atoms with Gasteiger partial charge in [0.2, 0.25) is 0 Å². The zero-order chi connectivity index (χ0) is 12.1. The normalized spacial score (nSPS) is 10.6. The molecule has 0 aliphatic carbocycles. The molecule has 2 rings (SSSR count). The zero-order valence-electron chi connectivity index (χ0n) is 8.76. The standard InChI is InChI=1S/C12H9BrN2OS/c13-10-4-1-3-9(7-10)12(16)15-14-8-11-5-2-6-17-11/h1-8H,(H,15,16)/b14-8+. The van der Waals surface area contributed by atoms with Crippen molar-refractivity contribution in [3.63, 3.8) is 0 Å². The molecular formula is C12H9BrN2OS. The molecule has 0 atom stereocenters. The molecule has 17 heavy (non-hydrogen) atoms. The Labute approximate surface area is 111 Å². The quantitative estimate of drug-likeness (QED) is 0.686. The van der Waals surface area contributed by atoms with Gasteiger partial charge in [0, 0.05) is 14.9 Å². The van der Waals surface area contributed by atoms with Crippen molar-refractivity contribution in [3.05, 3.63) is 56.7 Å². The van der Waals surface area contributed by atoms with Gasteiger partial charge >= 0.3 is 0 Å². The number of benzene rings is 1. The van der Waals surface area contributed by atoms with Crippen molar-refractivity contribution in [3.8, 4) is 0 Å². The molecule has 0 radical (unpaired) electrons. The second-order valence-electron chi connectivity index (χ2n) is 3.22. The number of carbonyl (C=O) groups excluding carboxylic acids is 1. The summed E-state index contributed by atoms with van der Waals surface area (Å²) in [4.78, 5) is 12.7. The first-order chi connectivity index (χ1) is 8.25. The van der Waals surface area contributed by atoms with E-state index in [1.165, 1.54) is 0 Å². The van der Waals surface area contributed by atoms with Gasteiger partial charge in [-0.15, -0.1) is 11.3 Å². The monoisotopic (exact) mass is 308 g/mol. The molecule has 1 aromatic heterocycles. The maximum atomic E-state index is 11.7. The number of amides is 1. The van der Waals surface area contributed by atoms with Crippen molar-refractivity contribution in [2.24, 2.45) is 5.10 Å². The highest BCUT2D eigenvalue weighted by atomic mass is 79.9. The molecule has 0 bridgehead atoms. The largest absolute Gasteiger partial charge is 0.271 e. The number of hydrazone groups is 1. The zero-order valence-corrected chi connectivity index (χ0v) is 11.2. The van der Waals surface area contributed by atoms with E-state index in [1.807, 2.05) is 29.6 Å². The predicted molar refractivity (Wildman–Crippen MR) is 73.5 cm³/mol. The van der Waals surface area contributed by atoms with Crippen molar-refractivity contribution >= 4 is 39.4 Å². The molecule has 1 aromatic carbocycles. The van der Waals surface area contributed by atoms with E-state index in [4.69, 9.17) is 0 Å². The van der Waals surface area contributed by atoms with Crippen LogP contribution in [-0.4, -0.2) is 12.1 Å². The summed E-state index contributed by atoms with van der Waals surface area (Å²) in [5.41, 5.74) is 3.05. The molecule has 2 aromatic rings. The van der Waals surface area contributed by atoms with Crippen molar-refractivity contribution in [2.75, 3.05) is 0 Å². The first-order valence-corrected chi connectivity index (χ1v) is 6.55. The average molecular weight is 309 g/mol. The molecule has 1 N–H and O–H groups in total. The molecule has 5 heteroatoms. The van der Waals surface area contributed by atoms with Gasteiger partial charge in [-0.1, -0.05) is 28.1 Å². The maximum absolute atomic E-state index is 11.7. The van der Waals surface area contributed by atoms with Crippen LogP contribution in [0.1, 0.15) is 15.2 Å². The third-order valence-corrected chi connectivity index (χ3v) is 3.29. The van der Waals surface area contributed by atoms with Crippen molar-refractivity contribution in [1.29, 1.82) is 0 Å². The van der Waals surface area contributed by atoms with Crippen LogP contribution in [0, 0.1) is 0 Å². The van der Waals surface area contributed by atoms with E-state index in [0.717, 1.165) is 9.35 Å². The molecule has 1 amide bonds. The molecule has 0 spiro atoms. The van der Waals surface area contributed by atoms with Gasteiger partial charge in [-0.3, -0.25) is 4.79 Å². The molecule has 0 unspecified atom stereocenters. The molecule has 86 valence electrons. The molecule has 0 aliphatic heterocycles. The number of nitrogens with one attached hydrogen (secondary N) is 1. The van der Waals surface area contributed by atoms with Crippen LogP contribution in [-0.2, 0) is 0 Å². The van der Waals surface area contributed by atoms with E-state index in [0.29, 0.717) is 5.56 Å². The van der Waals surface area contributed by atoms with Gasteiger partial charge in [0.15, 0.2) is 0 Å². The lowest BCUT2D eigenvalue weighted by Crippen LogP contribution is -2.17. The number of hydrogen-bond donors (Lipinski definition) is 1. The lowest BCUT2D eigenvalue weighted by Gasteiger charge is -1.99. The molecular weight excluding hydrogens is 300 g/mol. The predicted octanol–water partition coefficient (Wildman–Crippen LogP) is 3.27. The number of hydrogen-bond acceptors (Lipinski definition) is 3. The Balaban J connectivity index is 1.98. The number of halogens is 1. The van der Waals surface area contributed by atoms with Gasteiger partial charge < -0.3 is 0 Å². The molecule has 0 aliphatic rings. The van der Waals surface area contributed by atoms with E-state index in [9.17, 15) is 4.79 Å². The summed E-state index contributed by atoms with van der Waals surface area (Å²) in [6.45, 7) is 0. The van der Waals surface area contributed by atoms with E-state index in [-0.39, 0.29) is 5.91 Å². The summed E-state index contributed by atoms with van der Waals surface area (Å²) in [7, 11) is 0. The molecule has 0 saturated heterocycles. The smallest absolute Gasteiger partial charge is 0.267 e. The van der Waals surface area contributed by atoms with Crippen LogP contribution in [0.4, 0.5) is 0 Å². The van der Waals surface area contributed by atoms with E-state index in [2.05, 4.69) is 26.5 Å². The Morgan fingerprint density at radius 3 is 2.94 bits per heavy atom. The van der Waals surface area contributed by atoms with Crippen LogP contribution < -0.4 is 5.43 Å². The Bertz CT molecular complexity index is 537. The minimum Gasteiger partial charge on any atom is -0.267 e. The van der Waals surface area contributed by atoms with Crippen molar-refractivity contribution in [1.82, 2.24) is 5.43 Å². The van der Waals surface area contributed by atoms with Gasteiger partial charge in [-0.05, 0) is 29.6 Å². The maximum Gasteiger partial charge on any atom is 0.271 e. The van der Waals surface area contributed by atoms with E-state index >= 15 is 0 Å². The fourth-order valence-electron chi connectivity index (χ4n) is 1.21. The van der Waals surface area contributed by atoms with Gasteiger partial charge in [-0.25, -0.2) is 5.43 Å². The van der Waals surface area contributed by atoms with Crippen LogP contribution in [0.25, 0.3) is 0 Å². The summed E-state index contributed by atoms with van der Waals surface area (Å²) in [5.74, 6) is -0.223. The summed E-state index contributed by atoms with van der Waals surface area (Å²) in [6, 6.07) is 11.0. The minimum atomic E-state index is -0.223. The van der Waals surface area contributed by atoms with Crippen LogP contribution >= 0.6 is 27.3 Å². The Hall–Kier alpha value is -1.46. The second kappa shape index (κ2) is 5.75. The summed E-state index contributed by atoms with van der Waals surface area (Å²) in [5, 5.41) is 5.85. The van der Waals surface area contributed by atoms with Crippen molar-refractivity contribution in [2.45, 2.75) is 0 Å². The van der Waals surface area contributed by atoms with Crippen LogP contribution in [0.15, 0.2) is 51.4 Å². The summed E-state index contributed by atoms with van der Waals surface area (Å²) in [6.07, 6.45) is 1.63. The Morgan fingerprint density at radius 1 is 1.35 bits per heavy atom. The topological polar surface area (TPSA) is 41.5 Å². The van der Waals surface area contributed by atoms with Gasteiger partial charge in [0.1, 0.15) is 0 Å². The fourth-order valence-corrected chi connectivity index (χ4v) is 2.20. The SMILES string of the molecule is O=C(N/N=C/c1cccs1)c1cccc(Br)c1. The third-order valence-electron chi connectivity index (χ3n) is 1.99. The van der Waals surface area contributed by atoms with E-state index in [1.54, 1.807) is 29.7 Å². The fraction of sp³-hybridized carbons (Fsp3) is 0. The second-order valence-corrected chi connectivity index (χ2v) is 5.12. The highest BCUT2D eigenvalue weighted by Gasteiger charge is 2.03. The molecule has 0 fully saturated rings. The Morgan fingerprint density at radius 2 is 2.24 bits per heavy atom. The first kappa shape index (κ1) is 12.0. The third kappa shape index (κ3) is 3.51. The number of thiophene rings is 1. The minimum absolute atomic E-state index is 0.223. The number of carbonyl (C=O) groups is 1. The van der Waals surface area contributed by atoms with Crippen molar-refractivity contribution < 1.29 is 4.79 Å². The molecule has 1 heterocycles. The number of nitrogens with zero attached hydrogens (tertiary/aromatic N) is 1. The highest BCUT2D eigenvalue weighted by molar-refractivity contribution is 9.10. The molecule has 0 saturated carbocycles. The van der Waals surface area contributed by atoms with Gasteiger partial charge in [0.05, 0.1) is 6.21 Å². The summed E-state index contributed by atoms with van der Waals surface area (Å²) >= 11 is 4.88. The van der Waals surface area contributed by atoms with Crippen LogP contribution in [0.2, 0.25) is 0 Å². The first-order valence-electron chi connectivity index (χ1n) is 4.88. The lowest BCUT2D eigenvalue weighted by atomic mass is 10.2. The lowest BCUT2D eigenvalue weighted by molar-refractivity contribution is 0.0955. The average Bonchev–Trinajstić information content (AvgIpc) is 2.82. The van der Waals surface area contributed by atoms with Gasteiger partial charge in [0.25, 0.3) is 5.91 Å². The molecule has 3 nitrogen and oxygen atoms in total. The highest BCUT2D eigenvalue weighted by Crippen LogP contribution is 2.11. The van der Waals surface area contributed by atoms with Crippen LogP contribution in [0.3, 0.4) is 0 Å².